The van der Waals surface area contributed by atoms with E-state index < -0.39 is 28.9 Å². The monoisotopic (exact) mass is 671 g/mol. The van der Waals surface area contributed by atoms with E-state index in [-0.39, 0.29) is 24.9 Å². The fourth-order valence-corrected chi connectivity index (χ4v) is 6.45. The summed E-state index contributed by atoms with van der Waals surface area (Å²) < 4.78 is 6.82. The van der Waals surface area contributed by atoms with Crippen LogP contribution in [-0.2, 0) is 25.5 Å². The molecule has 1 aliphatic heterocycles. The predicted molar refractivity (Wildman–Crippen MR) is 195 cm³/mol. The molecule has 10 heteroatoms. The number of para-hydroxylation sites is 5. The van der Waals surface area contributed by atoms with E-state index in [1.54, 1.807) is 80.0 Å². The molecule has 0 saturated carbocycles. The van der Waals surface area contributed by atoms with Crippen LogP contribution in [0.2, 0.25) is 0 Å². The van der Waals surface area contributed by atoms with Gasteiger partial charge in [-0.15, -0.1) is 0 Å². The van der Waals surface area contributed by atoms with Gasteiger partial charge in [-0.25, -0.2) is 4.79 Å². The number of amides is 3. The van der Waals surface area contributed by atoms with E-state index in [2.05, 4.69) is 5.10 Å². The number of benzene rings is 4. The molecule has 5 aromatic rings. The van der Waals surface area contributed by atoms with Crippen molar-refractivity contribution in [2.75, 3.05) is 21.2 Å². The molecule has 0 spiro atoms. The molecular formula is C40H41N5O5. The first-order valence-corrected chi connectivity index (χ1v) is 16.7. The normalized spacial score (nSPS) is 16.4. The number of carbonyl (C=O) groups is 4. The highest BCUT2D eigenvalue weighted by atomic mass is 16.6. The van der Waals surface area contributed by atoms with Crippen LogP contribution in [0.4, 0.5) is 27.5 Å². The Morgan fingerprint density at radius 1 is 0.800 bits per heavy atom. The number of aromatic nitrogens is 2. The van der Waals surface area contributed by atoms with Crippen molar-refractivity contribution >= 4 is 57.5 Å². The Labute approximate surface area is 291 Å². The molecule has 50 heavy (non-hydrogen) atoms. The molecular weight excluding hydrogens is 630 g/mol. The van der Waals surface area contributed by atoms with E-state index in [0.29, 0.717) is 39.3 Å². The van der Waals surface area contributed by atoms with E-state index >= 15 is 9.59 Å². The van der Waals surface area contributed by atoms with Gasteiger partial charge in [0.05, 0.1) is 22.6 Å². The van der Waals surface area contributed by atoms with Crippen LogP contribution in [0.3, 0.4) is 0 Å². The van der Waals surface area contributed by atoms with E-state index in [1.165, 1.54) is 9.58 Å². The molecule has 1 aliphatic rings. The number of hydrogen-bond acceptors (Lipinski definition) is 6. The molecule has 0 fully saturated rings. The van der Waals surface area contributed by atoms with Gasteiger partial charge in [-0.05, 0) is 84.0 Å². The third-order valence-corrected chi connectivity index (χ3v) is 8.68. The van der Waals surface area contributed by atoms with E-state index in [0.717, 1.165) is 0 Å². The lowest BCUT2D eigenvalue weighted by molar-refractivity contribution is -0.139. The summed E-state index contributed by atoms with van der Waals surface area (Å²) in [7, 11) is 0. The molecule has 6 rings (SSSR count). The Hall–Kier alpha value is -5.77. The number of ether oxygens (including phenoxy) is 1. The second-order valence-corrected chi connectivity index (χ2v) is 13.9. The van der Waals surface area contributed by atoms with Crippen LogP contribution in [0.5, 0.6) is 0 Å². The van der Waals surface area contributed by atoms with E-state index in [9.17, 15) is 9.59 Å². The third kappa shape index (κ3) is 6.36. The van der Waals surface area contributed by atoms with Crippen LogP contribution in [-0.4, -0.2) is 51.8 Å². The van der Waals surface area contributed by atoms with Crippen LogP contribution in [0.15, 0.2) is 109 Å². The summed E-state index contributed by atoms with van der Waals surface area (Å²) >= 11 is 0. The van der Waals surface area contributed by atoms with Crippen LogP contribution >= 0.6 is 0 Å². The molecule has 0 bridgehead atoms. The first-order chi connectivity index (χ1) is 23.8. The molecule has 2 heterocycles. The van der Waals surface area contributed by atoms with Gasteiger partial charge < -0.3 is 9.64 Å². The lowest BCUT2D eigenvalue weighted by atomic mass is 9.81. The fourth-order valence-electron chi connectivity index (χ4n) is 6.45. The number of anilines is 4. The lowest BCUT2D eigenvalue weighted by Gasteiger charge is -2.33. The molecule has 0 saturated heterocycles. The minimum absolute atomic E-state index is 0.157. The molecule has 1 atom stereocenters. The SMILES string of the molecule is CC(C)N(C(=O)CN1C(=O)C(C)(Cc2nn(C(=O)OC(C)(C)C)c3ccccc23)C(=O)N(c2ccccc2)c2ccccc21)c1ccccc1. The summed E-state index contributed by atoms with van der Waals surface area (Å²) in [6, 6.07) is 32.5. The van der Waals surface area contributed by atoms with Crippen LogP contribution < -0.4 is 14.7 Å². The van der Waals surface area contributed by atoms with Gasteiger partial charge in [0, 0.05) is 29.2 Å². The van der Waals surface area contributed by atoms with Crippen molar-refractivity contribution in [3.8, 4) is 0 Å². The molecule has 4 aromatic carbocycles. The highest BCUT2D eigenvalue weighted by Crippen LogP contribution is 2.44. The highest BCUT2D eigenvalue weighted by Gasteiger charge is 2.51. The zero-order valence-corrected chi connectivity index (χ0v) is 29.2. The lowest BCUT2D eigenvalue weighted by Crippen LogP contribution is -2.53. The number of carbonyl (C=O) groups excluding carboxylic acids is 4. The summed E-state index contributed by atoms with van der Waals surface area (Å²) in [5, 5.41) is 5.26. The minimum atomic E-state index is -1.76. The Bertz CT molecular complexity index is 2070. The third-order valence-electron chi connectivity index (χ3n) is 8.68. The maximum atomic E-state index is 15.1. The molecule has 256 valence electrons. The van der Waals surface area contributed by atoms with Crippen molar-refractivity contribution in [1.29, 1.82) is 0 Å². The number of fused-ring (bicyclic) bond motifs is 2. The summed E-state index contributed by atoms with van der Waals surface area (Å²) in [5.74, 6) is -1.36. The first-order valence-electron chi connectivity index (χ1n) is 16.7. The van der Waals surface area contributed by atoms with Gasteiger partial charge in [0.15, 0.2) is 0 Å². The molecule has 0 aliphatic carbocycles. The minimum Gasteiger partial charge on any atom is -0.442 e. The Morgan fingerprint density at radius 2 is 1.38 bits per heavy atom. The maximum absolute atomic E-state index is 15.1. The largest absolute Gasteiger partial charge is 0.442 e. The highest BCUT2D eigenvalue weighted by molar-refractivity contribution is 6.24. The summed E-state index contributed by atoms with van der Waals surface area (Å²) in [5.41, 5.74) is 0.471. The molecule has 3 amide bonds. The average Bonchev–Trinajstić information content (AvgIpc) is 3.43. The Kier molecular flexibility index (Phi) is 9.05. The quantitative estimate of drug-likeness (QED) is 0.166. The molecule has 1 aromatic heterocycles. The molecule has 0 N–H and O–H groups in total. The maximum Gasteiger partial charge on any atom is 0.435 e. The zero-order chi connectivity index (χ0) is 35.8. The number of rotatable bonds is 7. The van der Waals surface area contributed by atoms with Crippen molar-refractivity contribution in [3.05, 3.63) is 115 Å². The summed E-state index contributed by atoms with van der Waals surface area (Å²) in [4.78, 5) is 62.4. The number of hydrogen-bond donors (Lipinski definition) is 0. The number of nitrogens with zero attached hydrogens (tertiary/aromatic N) is 5. The topological polar surface area (TPSA) is 105 Å². The van der Waals surface area contributed by atoms with Crippen molar-refractivity contribution in [2.45, 2.75) is 59.6 Å². The predicted octanol–water partition coefficient (Wildman–Crippen LogP) is 7.52. The van der Waals surface area contributed by atoms with Gasteiger partial charge in [0.25, 0.3) is 0 Å². The van der Waals surface area contributed by atoms with Crippen molar-refractivity contribution < 1.29 is 23.9 Å². The van der Waals surface area contributed by atoms with Gasteiger partial charge in [-0.1, -0.05) is 66.7 Å². The van der Waals surface area contributed by atoms with Crippen LogP contribution in [0.25, 0.3) is 10.9 Å². The van der Waals surface area contributed by atoms with Gasteiger partial charge in [-0.2, -0.15) is 9.78 Å². The summed E-state index contributed by atoms with van der Waals surface area (Å²) in [6.07, 6.45) is -0.834. The van der Waals surface area contributed by atoms with Gasteiger partial charge in [0.2, 0.25) is 17.7 Å². The summed E-state index contributed by atoms with van der Waals surface area (Å²) in [6.45, 7) is 10.4. The van der Waals surface area contributed by atoms with Gasteiger partial charge in [0.1, 0.15) is 17.6 Å². The Balaban J connectivity index is 1.51. The van der Waals surface area contributed by atoms with E-state index in [4.69, 9.17) is 4.74 Å². The molecule has 0 radical (unpaired) electrons. The smallest absolute Gasteiger partial charge is 0.435 e. The standard InChI is InChI=1S/C40H41N5O5/c1-27(2)43(28-17-9-7-10-18-28)35(46)26-42-33-23-15-16-24-34(33)44(29-19-11-8-12-20-29)37(48)40(6,36(42)47)25-31-30-21-13-14-22-32(30)45(41-31)38(49)50-39(3,4)5/h7-24,27H,25-26H2,1-6H3. The van der Waals surface area contributed by atoms with Crippen LogP contribution in [0.1, 0.15) is 47.2 Å². The van der Waals surface area contributed by atoms with E-state index in [1.807, 2.05) is 80.6 Å². The molecule has 1 unspecified atom stereocenters. The van der Waals surface area contributed by atoms with Crippen molar-refractivity contribution in [1.82, 2.24) is 9.78 Å². The second-order valence-electron chi connectivity index (χ2n) is 13.9. The second kappa shape index (κ2) is 13.3. The van der Waals surface area contributed by atoms with Crippen molar-refractivity contribution in [2.24, 2.45) is 5.41 Å². The van der Waals surface area contributed by atoms with Crippen LogP contribution in [0, 0.1) is 5.41 Å². The zero-order valence-electron chi connectivity index (χ0n) is 29.2. The average molecular weight is 672 g/mol. The van der Waals surface area contributed by atoms with Gasteiger partial charge in [-0.3, -0.25) is 24.2 Å². The first kappa shape index (κ1) is 34.1. The van der Waals surface area contributed by atoms with Gasteiger partial charge >= 0.3 is 6.09 Å². The Morgan fingerprint density at radius 3 is 2.02 bits per heavy atom. The fraction of sp³-hybridized carbons (Fsp3) is 0.275. The molecule has 10 nitrogen and oxygen atoms in total. The van der Waals surface area contributed by atoms with Crippen molar-refractivity contribution in [3.63, 3.8) is 0 Å².